The van der Waals surface area contributed by atoms with E-state index >= 15 is 0 Å². The minimum absolute atomic E-state index is 0.0205. The summed E-state index contributed by atoms with van der Waals surface area (Å²) in [6.07, 6.45) is 50.7. The Hall–Kier alpha value is -3.23. The summed E-state index contributed by atoms with van der Waals surface area (Å²) in [5.41, 5.74) is 0. The van der Waals surface area contributed by atoms with E-state index in [1.54, 1.807) is 21.1 Å². The topological polar surface area (TPSA) is 102 Å². The van der Waals surface area contributed by atoms with Crippen molar-refractivity contribution in [2.45, 2.75) is 187 Å². The van der Waals surface area contributed by atoms with E-state index in [4.69, 9.17) is 14.2 Å². The number of allylic oxidation sites excluding steroid dienone is 12. The quantitative estimate of drug-likeness (QED) is 0.0200. The van der Waals surface area contributed by atoms with Gasteiger partial charge in [0.05, 0.1) is 40.3 Å². The van der Waals surface area contributed by atoms with Gasteiger partial charge in [-0.3, -0.25) is 9.59 Å². The van der Waals surface area contributed by atoms with Gasteiger partial charge in [-0.25, -0.2) is 0 Å². The lowest BCUT2D eigenvalue weighted by atomic mass is 10.1. The van der Waals surface area contributed by atoms with Gasteiger partial charge in [-0.05, 0) is 77.0 Å². The predicted molar refractivity (Wildman–Crippen MR) is 240 cm³/mol. The first-order valence-electron chi connectivity index (χ1n) is 23.0. The van der Waals surface area contributed by atoms with Gasteiger partial charge < -0.3 is 28.6 Å². The number of carboxylic acid groups (broad SMARTS) is 1. The van der Waals surface area contributed by atoms with Crippen LogP contribution in [0.4, 0.5) is 0 Å². The fourth-order valence-corrected chi connectivity index (χ4v) is 6.29. The van der Waals surface area contributed by atoms with E-state index < -0.39 is 18.1 Å². The molecule has 0 bridgehead atoms. The Balaban J connectivity index is 4.42. The van der Waals surface area contributed by atoms with Crippen molar-refractivity contribution in [3.05, 3.63) is 72.9 Å². The van der Waals surface area contributed by atoms with E-state index in [9.17, 15) is 19.5 Å². The number of carbonyl (C=O) groups excluding carboxylic acids is 3. The maximum absolute atomic E-state index is 12.7. The zero-order valence-corrected chi connectivity index (χ0v) is 37.7. The van der Waals surface area contributed by atoms with Crippen molar-refractivity contribution in [1.82, 2.24) is 0 Å². The molecule has 0 fully saturated rings. The Morgan fingerprint density at radius 1 is 0.552 bits per heavy atom. The van der Waals surface area contributed by atoms with E-state index in [-0.39, 0.29) is 42.7 Å². The number of hydrogen-bond acceptors (Lipinski definition) is 7. The second kappa shape index (κ2) is 40.5. The van der Waals surface area contributed by atoms with Crippen LogP contribution >= 0.6 is 0 Å². The van der Waals surface area contributed by atoms with Crippen LogP contribution in [0.25, 0.3) is 0 Å². The number of quaternary nitrogens is 1. The van der Waals surface area contributed by atoms with E-state index in [0.717, 1.165) is 96.3 Å². The number of nitrogens with zero attached hydrogens (tertiary/aromatic N) is 1. The summed E-state index contributed by atoms with van der Waals surface area (Å²) in [5.74, 6) is -1.80. The number of carbonyl (C=O) groups is 3. The highest BCUT2D eigenvalue weighted by molar-refractivity contribution is 5.70. The van der Waals surface area contributed by atoms with Gasteiger partial charge in [0.15, 0.2) is 6.10 Å². The van der Waals surface area contributed by atoms with Crippen LogP contribution in [-0.4, -0.2) is 75.5 Å². The summed E-state index contributed by atoms with van der Waals surface area (Å²) in [7, 11) is 5.39. The highest BCUT2D eigenvalue weighted by atomic mass is 16.6. The van der Waals surface area contributed by atoms with Crippen LogP contribution in [0.1, 0.15) is 174 Å². The average molecular weight is 812 g/mol. The summed E-state index contributed by atoms with van der Waals surface area (Å²) in [6, 6.07) is -0.737. The van der Waals surface area contributed by atoms with Crippen molar-refractivity contribution in [1.29, 1.82) is 0 Å². The van der Waals surface area contributed by atoms with Gasteiger partial charge in [0.2, 0.25) is 0 Å². The van der Waals surface area contributed by atoms with Crippen molar-refractivity contribution in [2.24, 2.45) is 0 Å². The van der Waals surface area contributed by atoms with Gasteiger partial charge in [-0.15, -0.1) is 0 Å². The molecule has 332 valence electrons. The maximum atomic E-state index is 12.7. The van der Waals surface area contributed by atoms with Crippen molar-refractivity contribution in [3.8, 4) is 0 Å². The normalized spacial score (nSPS) is 13.6. The second-order valence-electron chi connectivity index (χ2n) is 16.3. The molecule has 0 amide bonds. The molecule has 58 heavy (non-hydrogen) atoms. The van der Waals surface area contributed by atoms with Crippen LogP contribution in [-0.2, 0) is 28.6 Å². The number of ether oxygens (including phenoxy) is 3. The molecule has 8 nitrogen and oxygen atoms in total. The van der Waals surface area contributed by atoms with Gasteiger partial charge in [0.25, 0.3) is 0 Å². The molecule has 0 saturated carbocycles. The van der Waals surface area contributed by atoms with Crippen molar-refractivity contribution in [3.63, 3.8) is 0 Å². The summed E-state index contributed by atoms with van der Waals surface area (Å²) in [5, 5.41) is 11.6. The molecule has 0 aliphatic rings. The summed E-state index contributed by atoms with van der Waals surface area (Å²) in [6.45, 7) is 4.48. The van der Waals surface area contributed by atoms with Gasteiger partial charge >= 0.3 is 11.9 Å². The van der Waals surface area contributed by atoms with Gasteiger partial charge in [0.1, 0.15) is 12.6 Å². The number of aliphatic carboxylic acids is 1. The van der Waals surface area contributed by atoms with Crippen molar-refractivity contribution < 1.29 is 38.2 Å². The summed E-state index contributed by atoms with van der Waals surface area (Å²) in [4.78, 5) is 36.9. The molecule has 2 atom stereocenters. The minimum atomic E-state index is -1.13. The predicted octanol–water partition coefficient (Wildman–Crippen LogP) is 11.4. The molecule has 0 aliphatic heterocycles. The molecule has 0 heterocycles. The first-order chi connectivity index (χ1) is 28.1. The van der Waals surface area contributed by atoms with Crippen molar-refractivity contribution >= 4 is 17.9 Å². The first kappa shape index (κ1) is 54.8. The van der Waals surface area contributed by atoms with Crippen LogP contribution in [0.3, 0.4) is 0 Å². The fraction of sp³-hybridized carbons (Fsp3) is 0.700. The van der Waals surface area contributed by atoms with E-state index in [2.05, 4.69) is 86.8 Å². The number of unbranched alkanes of at least 4 members (excludes halogenated alkanes) is 15. The summed E-state index contributed by atoms with van der Waals surface area (Å²) < 4.78 is 17.1. The van der Waals surface area contributed by atoms with E-state index in [0.29, 0.717) is 12.8 Å². The first-order valence-corrected chi connectivity index (χ1v) is 23.0. The molecule has 0 saturated heterocycles. The second-order valence-corrected chi connectivity index (χ2v) is 16.3. The standard InChI is InChI=1S/C50H85NO7/c1-6-8-10-12-14-16-18-20-22-24-25-27-29-31-33-35-37-39-41-49(53)58-46(44-56-43-42-47(50(54)55)51(3,4)5)45-57-48(52)40-38-36-34-32-30-28-26-23-21-19-17-15-13-11-9-7-2/h9,11,15,17,21-25,27-28,30,46-47H,6-8,10,12-14,16,18-20,26,29,31-45H2,1-5H3/b11-9+,17-15+,23-21+,24-22+,27-25+,30-28+. The molecule has 0 N–H and O–H groups in total. The van der Waals surface area contributed by atoms with Crippen molar-refractivity contribution in [2.75, 3.05) is 41.0 Å². The molecule has 0 aromatic carbocycles. The average Bonchev–Trinajstić information content (AvgIpc) is 3.18. The Morgan fingerprint density at radius 2 is 1.02 bits per heavy atom. The number of rotatable bonds is 40. The molecule has 0 radical (unpaired) electrons. The SMILES string of the molecule is CC/C=C/C/C=C/C/C=C/C/C=C/CCCCCC(=O)OCC(COCCC(C(=O)[O-])[N+](C)(C)C)OC(=O)CCCCCCC/C=C/C=C/CCCCCCCCC. The molecule has 0 rings (SSSR count). The Morgan fingerprint density at radius 3 is 1.55 bits per heavy atom. The minimum Gasteiger partial charge on any atom is -0.544 e. The summed E-state index contributed by atoms with van der Waals surface area (Å²) >= 11 is 0. The third kappa shape index (κ3) is 38.3. The Bertz CT molecular complexity index is 1180. The number of hydrogen-bond donors (Lipinski definition) is 0. The smallest absolute Gasteiger partial charge is 0.306 e. The molecule has 0 aliphatic carbocycles. The molecular formula is C50H85NO7. The molecular weight excluding hydrogens is 727 g/mol. The Labute approximate surface area is 355 Å². The third-order valence-electron chi connectivity index (χ3n) is 9.85. The highest BCUT2D eigenvalue weighted by Crippen LogP contribution is 2.13. The number of carboxylic acids is 1. The van der Waals surface area contributed by atoms with Crippen LogP contribution in [0.5, 0.6) is 0 Å². The number of esters is 2. The van der Waals surface area contributed by atoms with Gasteiger partial charge in [-0.2, -0.15) is 0 Å². The number of likely N-dealkylation sites (N-methyl/N-ethyl adjacent to an activating group) is 1. The van der Waals surface area contributed by atoms with Crippen LogP contribution < -0.4 is 5.11 Å². The zero-order valence-electron chi connectivity index (χ0n) is 37.7. The largest absolute Gasteiger partial charge is 0.544 e. The molecule has 2 unspecified atom stereocenters. The lowest BCUT2D eigenvalue weighted by molar-refractivity contribution is -0.889. The Kier molecular flexibility index (Phi) is 38.3. The van der Waals surface area contributed by atoms with Crippen LogP contribution in [0.15, 0.2) is 72.9 Å². The molecule has 8 heteroatoms. The molecule has 0 spiro atoms. The van der Waals surface area contributed by atoms with Crippen LogP contribution in [0.2, 0.25) is 0 Å². The lowest BCUT2D eigenvalue weighted by Crippen LogP contribution is -2.55. The maximum Gasteiger partial charge on any atom is 0.306 e. The molecule has 0 aromatic heterocycles. The molecule has 0 aromatic rings. The van der Waals surface area contributed by atoms with E-state index in [1.807, 2.05) is 0 Å². The third-order valence-corrected chi connectivity index (χ3v) is 9.85. The fourth-order valence-electron chi connectivity index (χ4n) is 6.29. The highest BCUT2D eigenvalue weighted by Gasteiger charge is 2.25. The zero-order chi connectivity index (χ0) is 42.8. The van der Waals surface area contributed by atoms with Crippen LogP contribution in [0, 0.1) is 0 Å². The van der Waals surface area contributed by atoms with Gasteiger partial charge in [0, 0.05) is 19.3 Å². The van der Waals surface area contributed by atoms with Gasteiger partial charge in [-0.1, -0.05) is 151 Å². The van der Waals surface area contributed by atoms with E-state index in [1.165, 1.54) is 44.9 Å². The lowest BCUT2D eigenvalue weighted by Gasteiger charge is -2.34. The monoisotopic (exact) mass is 812 g/mol.